The van der Waals surface area contributed by atoms with E-state index in [0.717, 1.165) is 0 Å². The van der Waals surface area contributed by atoms with Crippen molar-refractivity contribution < 1.29 is 9.18 Å². The first-order valence-corrected chi connectivity index (χ1v) is 5.11. The third-order valence-corrected chi connectivity index (χ3v) is 2.76. The Morgan fingerprint density at radius 2 is 2.20 bits per heavy atom. The molecule has 1 atom stereocenters. The van der Waals surface area contributed by atoms with Crippen molar-refractivity contribution in [3.8, 4) is 0 Å². The summed E-state index contributed by atoms with van der Waals surface area (Å²) in [5, 5.41) is -0.572. The summed E-state index contributed by atoms with van der Waals surface area (Å²) in [4.78, 5) is 10.7. The van der Waals surface area contributed by atoms with E-state index in [4.69, 9.17) is 28.9 Å². The Labute approximate surface area is 97.2 Å². The van der Waals surface area contributed by atoms with Crippen molar-refractivity contribution in [1.82, 2.24) is 0 Å². The standard InChI is InChI=1S/C10H10Cl2FNO/c1-5-2-6(3-8(12)10(14)15)7(11)4-9(5)13/h2,4,8H,3H2,1H3,(H2,14,15). The quantitative estimate of drug-likeness (QED) is 0.822. The minimum atomic E-state index is -0.827. The van der Waals surface area contributed by atoms with Crippen LogP contribution >= 0.6 is 23.2 Å². The maximum atomic E-state index is 13.0. The van der Waals surface area contributed by atoms with Crippen LogP contribution in [0.1, 0.15) is 11.1 Å². The first-order valence-electron chi connectivity index (χ1n) is 4.29. The van der Waals surface area contributed by atoms with Crippen LogP contribution in [0.3, 0.4) is 0 Å². The van der Waals surface area contributed by atoms with Gasteiger partial charge in [0.05, 0.1) is 0 Å². The number of carbonyl (C=O) groups is 1. The second-order valence-electron chi connectivity index (χ2n) is 3.27. The second-order valence-corrected chi connectivity index (χ2v) is 4.20. The lowest BCUT2D eigenvalue weighted by Crippen LogP contribution is -2.25. The molecular weight excluding hydrogens is 240 g/mol. The van der Waals surface area contributed by atoms with Crippen LogP contribution in [-0.4, -0.2) is 11.3 Å². The largest absolute Gasteiger partial charge is 0.368 e. The maximum Gasteiger partial charge on any atom is 0.235 e. The van der Waals surface area contributed by atoms with Gasteiger partial charge in [0.2, 0.25) is 5.91 Å². The molecule has 0 fully saturated rings. The number of primary amides is 1. The predicted molar refractivity (Wildman–Crippen MR) is 58.7 cm³/mol. The molecule has 15 heavy (non-hydrogen) atoms. The minimum absolute atomic E-state index is 0.205. The summed E-state index contributed by atoms with van der Waals surface area (Å²) in [7, 11) is 0. The molecule has 2 nitrogen and oxygen atoms in total. The van der Waals surface area contributed by atoms with E-state index in [0.29, 0.717) is 11.1 Å². The molecule has 5 heteroatoms. The summed E-state index contributed by atoms with van der Waals surface area (Å²) in [6, 6.07) is 2.77. The van der Waals surface area contributed by atoms with Gasteiger partial charge in [-0.3, -0.25) is 4.79 Å². The second kappa shape index (κ2) is 4.81. The molecule has 0 spiro atoms. The van der Waals surface area contributed by atoms with Crippen molar-refractivity contribution in [2.75, 3.05) is 0 Å². The number of hydrogen-bond acceptors (Lipinski definition) is 1. The molecule has 0 aliphatic heterocycles. The molecule has 1 unspecified atom stereocenters. The Balaban J connectivity index is 2.95. The molecule has 1 rings (SSSR count). The zero-order valence-electron chi connectivity index (χ0n) is 8.06. The molecule has 1 aromatic carbocycles. The predicted octanol–water partition coefficient (Wildman–Crippen LogP) is 2.42. The average Bonchev–Trinajstić information content (AvgIpc) is 2.13. The molecule has 2 N–H and O–H groups in total. The van der Waals surface area contributed by atoms with Gasteiger partial charge in [-0.2, -0.15) is 0 Å². The summed E-state index contributed by atoms with van der Waals surface area (Å²) in [6.45, 7) is 1.61. The van der Waals surface area contributed by atoms with Crippen LogP contribution in [0.5, 0.6) is 0 Å². The number of nitrogens with two attached hydrogens (primary N) is 1. The molecule has 0 bridgehead atoms. The summed E-state index contributed by atoms with van der Waals surface area (Å²) in [5.41, 5.74) is 6.09. The first-order chi connectivity index (χ1) is 6.91. The fraction of sp³-hybridized carbons (Fsp3) is 0.300. The molecule has 0 aliphatic rings. The molecule has 0 saturated carbocycles. The SMILES string of the molecule is Cc1cc(CC(Cl)C(N)=O)c(Cl)cc1F. The molecular formula is C10H10Cl2FNO. The Hall–Kier alpha value is -0.800. The van der Waals surface area contributed by atoms with Crippen molar-refractivity contribution in [1.29, 1.82) is 0 Å². The van der Waals surface area contributed by atoms with Crippen LogP contribution in [0.15, 0.2) is 12.1 Å². The van der Waals surface area contributed by atoms with Crippen LogP contribution in [0.4, 0.5) is 4.39 Å². The van der Waals surface area contributed by atoms with E-state index in [1.165, 1.54) is 6.07 Å². The minimum Gasteiger partial charge on any atom is -0.368 e. The molecule has 1 amide bonds. The third kappa shape index (κ3) is 3.08. The van der Waals surface area contributed by atoms with Crippen molar-refractivity contribution in [3.63, 3.8) is 0 Å². The number of benzene rings is 1. The third-order valence-electron chi connectivity index (χ3n) is 2.04. The van der Waals surface area contributed by atoms with E-state index >= 15 is 0 Å². The van der Waals surface area contributed by atoms with Crippen molar-refractivity contribution in [3.05, 3.63) is 34.1 Å². The van der Waals surface area contributed by atoms with E-state index in [2.05, 4.69) is 0 Å². The van der Waals surface area contributed by atoms with Crippen molar-refractivity contribution >= 4 is 29.1 Å². The number of hydrogen-bond donors (Lipinski definition) is 1. The molecule has 1 aromatic rings. The number of rotatable bonds is 3. The van der Waals surface area contributed by atoms with Crippen LogP contribution in [-0.2, 0) is 11.2 Å². The number of aryl methyl sites for hydroxylation is 1. The highest BCUT2D eigenvalue weighted by Gasteiger charge is 2.15. The fourth-order valence-corrected chi connectivity index (χ4v) is 1.56. The van der Waals surface area contributed by atoms with Crippen molar-refractivity contribution in [2.45, 2.75) is 18.7 Å². The van der Waals surface area contributed by atoms with Gasteiger partial charge in [0, 0.05) is 5.02 Å². The van der Waals surface area contributed by atoms with E-state index in [-0.39, 0.29) is 17.3 Å². The van der Waals surface area contributed by atoms with E-state index in [1.807, 2.05) is 0 Å². The molecule has 0 heterocycles. The molecule has 0 aromatic heterocycles. The number of amides is 1. The number of halogens is 3. The van der Waals surface area contributed by atoms with Crippen LogP contribution in [0, 0.1) is 12.7 Å². The van der Waals surface area contributed by atoms with Crippen LogP contribution in [0.25, 0.3) is 0 Å². The lowest BCUT2D eigenvalue weighted by Gasteiger charge is -2.08. The topological polar surface area (TPSA) is 43.1 Å². The lowest BCUT2D eigenvalue weighted by molar-refractivity contribution is -0.117. The van der Waals surface area contributed by atoms with Gasteiger partial charge in [0.25, 0.3) is 0 Å². The Bertz CT molecular complexity index is 395. The Morgan fingerprint density at radius 3 is 2.73 bits per heavy atom. The van der Waals surface area contributed by atoms with Crippen LogP contribution < -0.4 is 5.73 Å². The summed E-state index contributed by atoms with van der Waals surface area (Å²) >= 11 is 11.5. The number of alkyl halides is 1. The Morgan fingerprint density at radius 1 is 1.60 bits per heavy atom. The van der Waals surface area contributed by atoms with Gasteiger partial charge >= 0.3 is 0 Å². The van der Waals surface area contributed by atoms with Crippen molar-refractivity contribution in [2.24, 2.45) is 5.73 Å². The van der Waals surface area contributed by atoms with Gasteiger partial charge in [-0.15, -0.1) is 11.6 Å². The van der Waals surface area contributed by atoms with Gasteiger partial charge in [0.15, 0.2) is 0 Å². The van der Waals surface area contributed by atoms with Gasteiger partial charge in [-0.1, -0.05) is 17.7 Å². The normalized spacial score (nSPS) is 12.5. The summed E-state index contributed by atoms with van der Waals surface area (Å²) in [6.07, 6.45) is 0.205. The lowest BCUT2D eigenvalue weighted by atomic mass is 10.1. The average molecular weight is 250 g/mol. The smallest absolute Gasteiger partial charge is 0.235 e. The zero-order chi connectivity index (χ0) is 11.6. The van der Waals surface area contributed by atoms with Crippen LogP contribution in [0.2, 0.25) is 5.02 Å². The highest BCUT2D eigenvalue weighted by Crippen LogP contribution is 2.22. The molecule has 0 aliphatic carbocycles. The van der Waals surface area contributed by atoms with Gasteiger partial charge in [-0.05, 0) is 30.5 Å². The maximum absolute atomic E-state index is 13.0. The molecule has 0 radical (unpaired) electrons. The van der Waals surface area contributed by atoms with E-state index in [9.17, 15) is 9.18 Å². The Kier molecular flexibility index (Phi) is 3.94. The van der Waals surface area contributed by atoms with E-state index in [1.54, 1.807) is 13.0 Å². The zero-order valence-corrected chi connectivity index (χ0v) is 9.57. The molecule has 82 valence electrons. The monoisotopic (exact) mass is 249 g/mol. The van der Waals surface area contributed by atoms with Gasteiger partial charge in [-0.25, -0.2) is 4.39 Å². The van der Waals surface area contributed by atoms with E-state index < -0.39 is 11.3 Å². The highest BCUT2D eigenvalue weighted by molar-refractivity contribution is 6.32. The first kappa shape index (κ1) is 12.3. The highest BCUT2D eigenvalue weighted by atomic mass is 35.5. The summed E-state index contributed by atoms with van der Waals surface area (Å²) < 4.78 is 13.0. The van der Waals surface area contributed by atoms with Gasteiger partial charge < -0.3 is 5.73 Å². The number of carbonyl (C=O) groups excluding carboxylic acids is 1. The molecule has 0 saturated heterocycles. The summed E-state index contributed by atoms with van der Waals surface area (Å²) in [5.74, 6) is -0.997. The fourth-order valence-electron chi connectivity index (χ4n) is 1.17. The van der Waals surface area contributed by atoms with Gasteiger partial charge in [0.1, 0.15) is 11.2 Å².